The summed E-state index contributed by atoms with van der Waals surface area (Å²) in [6.45, 7) is 19.1. The highest BCUT2D eigenvalue weighted by atomic mass is 28.4. The van der Waals surface area contributed by atoms with Crippen LogP contribution in [0.25, 0.3) is 0 Å². The summed E-state index contributed by atoms with van der Waals surface area (Å²) in [7, 11) is -1.83. The first-order valence-corrected chi connectivity index (χ1v) is 12.0. The molecule has 0 N–H and O–H groups in total. The molecular formula is C20H35NO2Si. The van der Waals surface area contributed by atoms with Crippen molar-refractivity contribution in [3.8, 4) is 0 Å². The third kappa shape index (κ3) is 4.69. The molecule has 0 saturated carbocycles. The standard InChI is InChI=1S/C20H35NO2Si/c1-19(2,3)17-14-18(23-24(7,8)20(4,5)6)22-21(17)15-16-12-10-9-11-13-16/h9-13,17-18H,14-15H2,1-8H3/t17-,18+/m1/s1. The van der Waals surface area contributed by atoms with Gasteiger partial charge in [0.25, 0.3) is 0 Å². The normalized spacial score (nSPS) is 23.7. The van der Waals surface area contributed by atoms with Crippen LogP contribution >= 0.6 is 0 Å². The Morgan fingerprint density at radius 1 is 1.08 bits per heavy atom. The molecular weight excluding hydrogens is 314 g/mol. The van der Waals surface area contributed by atoms with Crippen molar-refractivity contribution < 1.29 is 9.26 Å². The number of benzene rings is 1. The van der Waals surface area contributed by atoms with Gasteiger partial charge in [-0.15, -0.1) is 0 Å². The van der Waals surface area contributed by atoms with E-state index < -0.39 is 8.32 Å². The van der Waals surface area contributed by atoms with Crippen LogP contribution in [0.4, 0.5) is 0 Å². The Hall–Kier alpha value is -0.683. The van der Waals surface area contributed by atoms with Crippen LogP contribution in [0.3, 0.4) is 0 Å². The van der Waals surface area contributed by atoms with Gasteiger partial charge in [0.2, 0.25) is 0 Å². The number of rotatable bonds is 4. The second kappa shape index (κ2) is 6.91. The fourth-order valence-electron chi connectivity index (χ4n) is 2.84. The molecule has 2 rings (SSSR count). The van der Waals surface area contributed by atoms with Crippen molar-refractivity contribution in [2.45, 2.75) is 85.0 Å². The van der Waals surface area contributed by atoms with E-state index in [0.29, 0.717) is 6.04 Å². The summed E-state index contributed by atoms with van der Waals surface area (Å²) < 4.78 is 6.53. The molecule has 0 aliphatic carbocycles. The molecule has 0 unspecified atom stereocenters. The van der Waals surface area contributed by atoms with E-state index in [1.807, 2.05) is 0 Å². The molecule has 24 heavy (non-hydrogen) atoms. The van der Waals surface area contributed by atoms with Gasteiger partial charge in [0, 0.05) is 19.0 Å². The minimum Gasteiger partial charge on any atom is -0.391 e. The maximum absolute atomic E-state index is 6.53. The van der Waals surface area contributed by atoms with Gasteiger partial charge in [0.05, 0.1) is 0 Å². The molecule has 0 bridgehead atoms. The van der Waals surface area contributed by atoms with Crippen LogP contribution in [0.1, 0.15) is 53.5 Å². The highest BCUT2D eigenvalue weighted by Crippen LogP contribution is 2.41. The summed E-state index contributed by atoms with van der Waals surface area (Å²) in [4.78, 5) is 6.28. The second-order valence-corrected chi connectivity index (χ2v) is 14.3. The molecule has 4 heteroatoms. The highest BCUT2D eigenvalue weighted by Gasteiger charge is 2.46. The Labute approximate surface area is 149 Å². The summed E-state index contributed by atoms with van der Waals surface area (Å²) in [5, 5.41) is 2.34. The molecule has 2 atom stereocenters. The van der Waals surface area contributed by atoms with Crippen molar-refractivity contribution in [1.82, 2.24) is 5.06 Å². The van der Waals surface area contributed by atoms with Gasteiger partial charge in [-0.2, -0.15) is 5.06 Å². The van der Waals surface area contributed by atoms with Crippen molar-refractivity contribution in [3.63, 3.8) is 0 Å². The zero-order chi connectivity index (χ0) is 18.2. The monoisotopic (exact) mass is 349 g/mol. The van der Waals surface area contributed by atoms with Gasteiger partial charge in [-0.25, -0.2) is 0 Å². The second-order valence-electron chi connectivity index (χ2n) is 9.59. The molecule has 1 heterocycles. The predicted octanol–water partition coefficient (Wildman–Crippen LogP) is 5.59. The molecule has 1 aromatic rings. The van der Waals surface area contributed by atoms with Gasteiger partial charge in [0.15, 0.2) is 14.6 Å². The summed E-state index contributed by atoms with van der Waals surface area (Å²) in [5.74, 6) is 0. The Morgan fingerprint density at radius 3 is 2.17 bits per heavy atom. The molecule has 1 saturated heterocycles. The van der Waals surface area contributed by atoms with E-state index >= 15 is 0 Å². The number of nitrogens with zero attached hydrogens (tertiary/aromatic N) is 1. The molecule has 0 aromatic heterocycles. The van der Waals surface area contributed by atoms with Crippen LogP contribution in [0.15, 0.2) is 30.3 Å². The van der Waals surface area contributed by atoms with Gasteiger partial charge in [0.1, 0.15) is 0 Å². The molecule has 0 spiro atoms. The van der Waals surface area contributed by atoms with Gasteiger partial charge >= 0.3 is 0 Å². The van der Waals surface area contributed by atoms with E-state index in [0.717, 1.165) is 13.0 Å². The lowest BCUT2D eigenvalue weighted by atomic mass is 9.85. The van der Waals surface area contributed by atoms with Gasteiger partial charge in [-0.3, -0.25) is 4.84 Å². The maximum Gasteiger partial charge on any atom is 0.195 e. The SMILES string of the molecule is CC(C)(C)[C@H]1C[C@H](O[Si](C)(C)C(C)(C)C)ON1Cc1ccccc1. The highest BCUT2D eigenvalue weighted by molar-refractivity contribution is 6.74. The van der Waals surface area contributed by atoms with Crippen molar-refractivity contribution in [1.29, 1.82) is 0 Å². The number of hydrogen-bond acceptors (Lipinski definition) is 3. The lowest BCUT2D eigenvalue weighted by Gasteiger charge is -2.37. The predicted molar refractivity (Wildman–Crippen MR) is 103 cm³/mol. The average molecular weight is 350 g/mol. The zero-order valence-corrected chi connectivity index (χ0v) is 17.7. The minimum absolute atomic E-state index is 0.126. The van der Waals surface area contributed by atoms with Crippen LogP contribution in [-0.4, -0.2) is 25.7 Å². The van der Waals surface area contributed by atoms with Crippen molar-refractivity contribution in [2.24, 2.45) is 5.41 Å². The molecule has 136 valence electrons. The van der Waals surface area contributed by atoms with E-state index in [-0.39, 0.29) is 16.7 Å². The van der Waals surface area contributed by atoms with Gasteiger partial charge in [-0.05, 0) is 29.1 Å². The van der Waals surface area contributed by atoms with Crippen molar-refractivity contribution in [2.75, 3.05) is 0 Å². The van der Waals surface area contributed by atoms with E-state index in [1.54, 1.807) is 0 Å². The zero-order valence-electron chi connectivity index (χ0n) is 16.7. The van der Waals surface area contributed by atoms with E-state index in [2.05, 4.69) is 90.0 Å². The average Bonchev–Trinajstić information content (AvgIpc) is 2.80. The first kappa shape index (κ1) is 19.6. The third-order valence-electron chi connectivity index (χ3n) is 5.43. The Morgan fingerprint density at radius 2 is 1.67 bits per heavy atom. The van der Waals surface area contributed by atoms with Crippen LogP contribution < -0.4 is 0 Å². The molecule has 1 aliphatic rings. The summed E-state index contributed by atoms with van der Waals surface area (Å²) in [6.07, 6.45) is 0.807. The Bertz CT molecular complexity index is 531. The summed E-state index contributed by atoms with van der Waals surface area (Å²) in [6, 6.07) is 10.9. The number of hydrogen-bond donors (Lipinski definition) is 0. The summed E-state index contributed by atoms with van der Waals surface area (Å²) in [5.41, 5.74) is 1.43. The first-order valence-electron chi connectivity index (χ1n) is 9.05. The quantitative estimate of drug-likeness (QED) is 0.662. The largest absolute Gasteiger partial charge is 0.391 e. The van der Waals surface area contributed by atoms with Crippen molar-refractivity contribution >= 4 is 8.32 Å². The molecule has 3 nitrogen and oxygen atoms in total. The molecule has 0 amide bonds. The minimum atomic E-state index is -1.83. The van der Waals surface area contributed by atoms with Crippen LogP contribution in [-0.2, 0) is 15.8 Å². The van der Waals surface area contributed by atoms with Crippen LogP contribution in [0, 0.1) is 5.41 Å². The van der Waals surface area contributed by atoms with Gasteiger partial charge in [-0.1, -0.05) is 71.9 Å². The van der Waals surface area contributed by atoms with Crippen molar-refractivity contribution in [3.05, 3.63) is 35.9 Å². The first-order chi connectivity index (χ1) is 10.9. The molecule has 1 fully saturated rings. The fraction of sp³-hybridized carbons (Fsp3) is 0.700. The Kier molecular flexibility index (Phi) is 5.65. The van der Waals surface area contributed by atoms with Crippen LogP contribution in [0.2, 0.25) is 18.1 Å². The van der Waals surface area contributed by atoms with E-state index in [9.17, 15) is 0 Å². The number of hydroxylamine groups is 2. The molecule has 1 aliphatic heterocycles. The topological polar surface area (TPSA) is 21.7 Å². The smallest absolute Gasteiger partial charge is 0.195 e. The lowest BCUT2D eigenvalue weighted by Crippen LogP contribution is -2.44. The van der Waals surface area contributed by atoms with E-state index in [4.69, 9.17) is 9.26 Å². The Balaban J connectivity index is 2.13. The molecule has 1 aromatic carbocycles. The third-order valence-corrected chi connectivity index (χ3v) is 9.89. The lowest BCUT2D eigenvalue weighted by molar-refractivity contribution is -0.228. The molecule has 0 radical (unpaired) electrons. The summed E-state index contributed by atoms with van der Waals surface area (Å²) >= 11 is 0. The van der Waals surface area contributed by atoms with E-state index in [1.165, 1.54) is 5.56 Å². The maximum atomic E-state index is 6.53. The van der Waals surface area contributed by atoms with Gasteiger partial charge < -0.3 is 4.43 Å². The fourth-order valence-corrected chi connectivity index (χ4v) is 3.99. The van der Waals surface area contributed by atoms with Crippen LogP contribution in [0.5, 0.6) is 0 Å².